The van der Waals surface area contributed by atoms with E-state index in [2.05, 4.69) is 0 Å². The molecule has 17 heavy (non-hydrogen) atoms. The zero-order valence-electron chi connectivity index (χ0n) is 9.72. The molecule has 1 unspecified atom stereocenters. The first-order chi connectivity index (χ1) is 8.08. The highest BCUT2D eigenvalue weighted by atomic mass is 16.4. The largest absolute Gasteiger partial charge is 0.481 e. The first-order valence-corrected chi connectivity index (χ1v) is 5.63. The van der Waals surface area contributed by atoms with Crippen LogP contribution < -0.4 is 0 Å². The van der Waals surface area contributed by atoms with Crippen molar-refractivity contribution in [3.63, 3.8) is 0 Å². The average Bonchev–Trinajstić information content (AvgIpc) is 2.37. The van der Waals surface area contributed by atoms with Gasteiger partial charge in [0.2, 0.25) is 0 Å². The zero-order chi connectivity index (χ0) is 12.4. The number of carboxylic acid groups (broad SMARTS) is 1. The van der Waals surface area contributed by atoms with Gasteiger partial charge in [0.15, 0.2) is 0 Å². The highest BCUT2D eigenvalue weighted by molar-refractivity contribution is 5.96. The van der Waals surface area contributed by atoms with E-state index in [1.54, 1.807) is 18.0 Å². The third kappa shape index (κ3) is 2.46. The number of rotatable bonds is 2. The molecule has 0 saturated carbocycles. The van der Waals surface area contributed by atoms with E-state index in [0.29, 0.717) is 18.5 Å². The summed E-state index contributed by atoms with van der Waals surface area (Å²) in [5.74, 6) is -0.839. The molecule has 1 amide bonds. The summed E-state index contributed by atoms with van der Waals surface area (Å²) >= 11 is 0. The van der Waals surface area contributed by atoms with Gasteiger partial charge in [0.25, 0.3) is 5.91 Å². The maximum absolute atomic E-state index is 12.0. The van der Waals surface area contributed by atoms with Crippen molar-refractivity contribution in [1.82, 2.24) is 4.90 Å². The average molecular weight is 233 g/mol. The number of amides is 1. The van der Waals surface area contributed by atoms with Crippen molar-refractivity contribution in [3.8, 4) is 0 Å². The quantitative estimate of drug-likeness (QED) is 0.840. The van der Waals surface area contributed by atoms with Gasteiger partial charge in [-0.3, -0.25) is 9.59 Å². The van der Waals surface area contributed by atoms with Crippen molar-refractivity contribution in [3.05, 3.63) is 35.4 Å². The van der Waals surface area contributed by atoms with Gasteiger partial charge in [0.05, 0.1) is 6.42 Å². The van der Waals surface area contributed by atoms with Gasteiger partial charge in [0, 0.05) is 19.2 Å². The smallest absolute Gasteiger partial charge is 0.303 e. The van der Waals surface area contributed by atoms with Crippen LogP contribution in [0.1, 0.15) is 22.3 Å². The first kappa shape index (κ1) is 11.6. The van der Waals surface area contributed by atoms with Gasteiger partial charge in [-0.25, -0.2) is 0 Å². The minimum absolute atomic E-state index is 0.00917. The number of carbonyl (C=O) groups excluding carboxylic acids is 1. The van der Waals surface area contributed by atoms with E-state index in [-0.39, 0.29) is 18.2 Å². The standard InChI is InChI=1S/C13H15NO3/c1-14-8-9(7-12(15)16)6-10-4-2-3-5-11(10)13(14)17/h2-5,9H,6-8H2,1H3,(H,15,16). The van der Waals surface area contributed by atoms with Gasteiger partial charge in [-0.2, -0.15) is 0 Å². The summed E-state index contributed by atoms with van der Waals surface area (Å²) in [6.07, 6.45) is 0.754. The third-order valence-corrected chi connectivity index (χ3v) is 3.10. The zero-order valence-corrected chi connectivity index (χ0v) is 9.72. The van der Waals surface area contributed by atoms with E-state index in [0.717, 1.165) is 5.56 Å². The fourth-order valence-corrected chi connectivity index (χ4v) is 2.34. The number of carboxylic acids is 1. The summed E-state index contributed by atoms with van der Waals surface area (Å²) in [7, 11) is 1.72. The van der Waals surface area contributed by atoms with E-state index in [1.165, 1.54) is 0 Å². The van der Waals surface area contributed by atoms with Gasteiger partial charge in [-0.15, -0.1) is 0 Å². The Hall–Kier alpha value is -1.84. The molecule has 1 heterocycles. The Morgan fingerprint density at radius 1 is 1.47 bits per heavy atom. The molecule has 0 spiro atoms. The molecule has 0 aromatic heterocycles. The van der Waals surface area contributed by atoms with Gasteiger partial charge in [-0.05, 0) is 24.0 Å². The lowest BCUT2D eigenvalue weighted by Gasteiger charge is -2.18. The third-order valence-electron chi connectivity index (χ3n) is 3.10. The molecule has 0 bridgehead atoms. The van der Waals surface area contributed by atoms with Gasteiger partial charge in [0.1, 0.15) is 0 Å². The van der Waals surface area contributed by atoms with Crippen LogP contribution in [0.5, 0.6) is 0 Å². The van der Waals surface area contributed by atoms with Crippen LogP contribution in [0.3, 0.4) is 0 Å². The fourth-order valence-electron chi connectivity index (χ4n) is 2.34. The van der Waals surface area contributed by atoms with Crippen molar-refractivity contribution in [2.75, 3.05) is 13.6 Å². The van der Waals surface area contributed by atoms with Crippen LogP contribution in [0.15, 0.2) is 24.3 Å². The number of hydrogen-bond donors (Lipinski definition) is 1. The summed E-state index contributed by atoms with van der Waals surface area (Å²) in [6, 6.07) is 7.43. The Labute approximate surface area is 99.9 Å². The number of carbonyl (C=O) groups is 2. The molecule has 1 aromatic carbocycles. The molecule has 1 aromatic rings. The van der Waals surface area contributed by atoms with Gasteiger partial charge < -0.3 is 10.0 Å². The van der Waals surface area contributed by atoms with E-state index in [1.807, 2.05) is 18.2 Å². The second-order valence-corrected chi connectivity index (χ2v) is 4.51. The summed E-state index contributed by atoms with van der Waals surface area (Å²) in [5, 5.41) is 8.85. The number of fused-ring (bicyclic) bond motifs is 1. The van der Waals surface area contributed by atoms with E-state index < -0.39 is 5.97 Å². The molecule has 0 aliphatic carbocycles. The molecule has 1 N–H and O–H groups in total. The maximum atomic E-state index is 12.0. The monoisotopic (exact) mass is 233 g/mol. The number of benzene rings is 1. The van der Waals surface area contributed by atoms with Crippen molar-refractivity contribution >= 4 is 11.9 Å². The van der Waals surface area contributed by atoms with E-state index >= 15 is 0 Å². The summed E-state index contributed by atoms with van der Waals surface area (Å²) in [5.41, 5.74) is 1.65. The molecular weight excluding hydrogens is 218 g/mol. The van der Waals surface area contributed by atoms with E-state index in [4.69, 9.17) is 5.11 Å². The highest BCUT2D eigenvalue weighted by Gasteiger charge is 2.26. The molecule has 0 radical (unpaired) electrons. The molecule has 1 atom stereocenters. The molecule has 4 heteroatoms. The molecular formula is C13H15NO3. The number of aliphatic carboxylic acids is 1. The second kappa shape index (κ2) is 4.57. The summed E-state index contributed by atoms with van der Waals surface area (Å²) in [4.78, 5) is 24.4. The Morgan fingerprint density at radius 3 is 2.88 bits per heavy atom. The Kier molecular flexibility index (Phi) is 3.13. The Balaban J connectivity index is 2.32. The van der Waals surface area contributed by atoms with Crippen LogP contribution >= 0.6 is 0 Å². The van der Waals surface area contributed by atoms with Crippen LogP contribution in [0.4, 0.5) is 0 Å². The predicted octanol–water partition coefficient (Wildman–Crippen LogP) is 1.41. The number of nitrogens with zero attached hydrogens (tertiary/aromatic N) is 1. The van der Waals surface area contributed by atoms with Crippen molar-refractivity contribution < 1.29 is 14.7 Å². The molecule has 0 fully saturated rings. The Morgan fingerprint density at radius 2 is 2.18 bits per heavy atom. The minimum atomic E-state index is -0.810. The lowest BCUT2D eigenvalue weighted by molar-refractivity contribution is -0.138. The minimum Gasteiger partial charge on any atom is -0.481 e. The van der Waals surface area contributed by atoms with Crippen molar-refractivity contribution in [2.45, 2.75) is 12.8 Å². The highest BCUT2D eigenvalue weighted by Crippen LogP contribution is 2.22. The molecule has 90 valence electrons. The maximum Gasteiger partial charge on any atom is 0.303 e. The predicted molar refractivity (Wildman–Crippen MR) is 62.8 cm³/mol. The molecule has 2 rings (SSSR count). The first-order valence-electron chi connectivity index (χ1n) is 5.63. The Bertz CT molecular complexity index is 456. The van der Waals surface area contributed by atoms with Crippen LogP contribution in [0.25, 0.3) is 0 Å². The van der Waals surface area contributed by atoms with Gasteiger partial charge in [-0.1, -0.05) is 18.2 Å². The molecule has 1 aliphatic heterocycles. The molecule has 0 saturated heterocycles. The lowest BCUT2D eigenvalue weighted by atomic mass is 9.95. The van der Waals surface area contributed by atoms with Crippen LogP contribution in [-0.4, -0.2) is 35.5 Å². The topological polar surface area (TPSA) is 57.6 Å². The lowest BCUT2D eigenvalue weighted by Crippen LogP contribution is -2.30. The summed E-state index contributed by atoms with van der Waals surface area (Å²) in [6.45, 7) is 0.500. The number of hydrogen-bond acceptors (Lipinski definition) is 2. The summed E-state index contributed by atoms with van der Waals surface area (Å²) < 4.78 is 0. The fraction of sp³-hybridized carbons (Fsp3) is 0.385. The normalized spacial score (nSPS) is 19.7. The SMILES string of the molecule is CN1CC(CC(=O)O)Cc2ccccc2C1=O. The van der Waals surface area contributed by atoms with E-state index in [9.17, 15) is 9.59 Å². The molecule has 1 aliphatic rings. The van der Waals surface area contributed by atoms with Crippen molar-refractivity contribution in [1.29, 1.82) is 0 Å². The second-order valence-electron chi connectivity index (χ2n) is 4.51. The van der Waals surface area contributed by atoms with Crippen LogP contribution in [-0.2, 0) is 11.2 Å². The van der Waals surface area contributed by atoms with Crippen LogP contribution in [0.2, 0.25) is 0 Å². The molecule has 4 nitrogen and oxygen atoms in total. The van der Waals surface area contributed by atoms with Gasteiger partial charge >= 0.3 is 5.97 Å². The van der Waals surface area contributed by atoms with Crippen LogP contribution in [0, 0.1) is 5.92 Å². The van der Waals surface area contributed by atoms with Crippen molar-refractivity contribution in [2.24, 2.45) is 5.92 Å².